The molecular weight excluding hydrogens is 228 g/mol. The van der Waals surface area contributed by atoms with E-state index in [1.54, 1.807) is 0 Å². The number of aliphatic hydroxyl groups excluding tert-OH is 1. The van der Waals surface area contributed by atoms with Crippen molar-refractivity contribution in [2.24, 2.45) is 5.92 Å². The van der Waals surface area contributed by atoms with Gasteiger partial charge in [-0.15, -0.1) is 0 Å². The summed E-state index contributed by atoms with van der Waals surface area (Å²) in [5, 5.41) is 10.6. The molecule has 1 aliphatic carbocycles. The minimum atomic E-state index is -0.564. The molecule has 1 fully saturated rings. The SMILES string of the molecule is CCOC(C1CC1)C(O)c1cccc2c1OCC2. The Morgan fingerprint density at radius 1 is 1.44 bits per heavy atom. The number of para-hydroxylation sites is 1. The van der Waals surface area contributed by atoms with Gasteiger partial charge in [0, 0.05) is 18.6 Å². The summed E-state index contributed by atoms with van der Waals surface area (Å²) in [5.74, 6) is 1.40. The standard InChI is InChI=1S/C15H20O3/c1-2-17-15(11-6-7-11)13(16)12-5-3-4-10-8-9-18-14(10)12/h3-5,11,13,15-16H,2,6-9H2,1H3. The molecule has 2 atom stereocenters. The molecule has 2 unspecified atom stereocenters. The highest BCUT2D eigenvalue weighted by atomic mass is 16.5. The molecule has 18 heavy (non-hydrogen) atoms. The van der Waals surface area contributed by atoms with Gasteiger partial charge in [-0.05, 0) is 31.2 Å². The Kier molecular flexibility index (Phi) is 3.27. The van der Waals surface area contributed by atoms with Crippen molar-refractivity contribution in [3.8, 4) is 5.75 Å². The lowest BCUT2D eigenvalue weighted by Crippen LogP contribution is -2.25. The van der Waals surface area contributed by atoms with Crippen molar-refractivity contribution in [1.82, 2.24) is 0 Å². The number of rotatable bonds is 5. The summed E-state index contributed by atoms with van der Waals surface area (Å²) in [7, 11) is 0. The van der Waals surface area contributed by atoms with Gasteiger partial charge < -0.3 is 14.6 Å². The van der Waals surface area contributed by atoms with E-state index in [1.165, 1.54) is 5.56 Å². The molecule has 0 bridgehead atoms. The Morgan fingerprint density at radius 2 is 2.28 bits per heavy atom. The zero-order valence-corrected chi connectivity index (χ0v) is 10.8. The third-order valence-corrected chi connectivity index (χ3v) is 3.82. The van der Waals surface area contributed by atoms with Crippen LogP contribution in [0.15, 0.2) is 18.2 Å². The largest absolute Gasteiger partial charge is 0.493 e. The van der Waals surface area contributed by atoms with Gasteiger partial charge >= 0.3 is 0 Å². The molecule has 3 heteroatoms. The zero-order valence-electron chi connectivity index (χ0n) is 10.8. The van der Waals surface area contributed by atoms with Crippen molar-refractivity contribution in [1.29, 1.82) is 0 Å². The predicted octanol–water partition coefficient (Wildman–Crippen LogP) is 2.47. The van der Waals surface area contributed by atoms with E-state index < -0.39 is 6.10 Å². The van der Waals surface area contributed by atoms with Crippen molar-refractivity contribution < 1.29 is 14.6 Å². The van der Waals surface area contributed by atoms with Gasteiger partial charge in [0.05, 0.1) is 12.7 Å². The zero-order chi connectivity index (χ0) is 12.5. The Labute approximate surface area is 108 Å². The first-order valence-electron chi connectivity index (χ1n) is 6.85. The van der Waals surface area contributed by atoms with Crippen molar-refractivity contribution >= 4 is 0 Å². The van der Waals surface area contributed by atoms with Gasteiger partial charge in [-0.3, -0.25) is 0 Å². The molecule has 0 saturated heterocycles. The fourth-order valence-corrected chi connectivity index (χ4v) is 2.75. The van der Waals surface area contributed by atoms with Gasteiger partial charge in [0.15, 0.2) is 0 Å². The molecule has 98 valence electrons. The summed E-state index contributed by atoms with van der Waals surface area (Å²) in [5.41, 5.74) is 2.10. The van der Waals surface area contributed by atoms with Crippen LogP contribution in [0.1, 0.15) is 37.0 Å². The molecule has 2 aliphatic rings. The monoisotopic (exact) mass is 248 g/mol. The molecule has 1 aromatic carbocycles. The molecule has 0 aromatic heterocycles. The van der Waals surface area contributed by atoms with Crippen LogP contribution in [0.25, 0.3) is 0 Å². The third kappa shape index (κ3) is 2.13. The number of fused-ring (bicyclic) bond motifs is 1. The summed E-state index contributed by atoms with van der Waals surface area (Å²) < 4.78 is 11.4. The molecule has 0 radical (unpaired) electrons. The fourth-order valence-electron chi connectivity index (χ4n) is 2.75. The molecule has 1 aliphatic heterocycles. The lowest BCUT2D eigenvalue weighted by Gasteiger charge is -2.24. The van der Waals surface area contributed by atoms with Crippen LogP contribution in [0, 0.1) is 5.92 Å². The second-order valence-corrected chi connectivity index (χ2v) is 5.14. The maximum absolute atomic E-state index is 10.6. The van der Waals surface area contributed by atoms with Crippen LogP contribution in [0.2, 0.25) is 0 Å². The van der Waals surface area contributed by atoms with E-state index in [4.69, 9.17) is 9.47 Å². The highest BCUT2D eigenvalue weighted by Crippen LogP contribution is 2.43. The lowest BCUT2D eigenvalue weighted by molar-refractivity contribution is -0.0469. The highest BCUT2D eigenvalue weighted by molar-refractivity contribution is 5.45. The summed E-state index contributed by atoms with van der Waals surface area (Å²) in [6.45, 7) is 3.35. The minimum absolute atomic E-state index is 0.0781. The Bertz CT molecular complexity index is 426. The van der Waals surface area contributed by atoms with Crippen molar-refractivity contribution in [3.05, 3.63) is 29.3 Å². The van der Waals surface area contributed by atoms with E-state index >= 15 is 0 Å². The number of aliphatic hydroxyl groups is 1. The quantitative estimate of drug-likeness (QED) is 0.870. The first-order chi connectivity index (χ1) is 8.81. The minimum Gasteiger partial charge on any atom is -0.493 e. The van der Waals surface area contributed by atoms with Gasteiger partial charge in [-0.25, -0.2) is 0 Å². The van der Waals surface area contributed by atoms with Crippen molar-refractivity contribution in [2.75, 3.05) is 13.2 Å². The van der Waals surface area contributed by atoms with Gasteiger partial charge in [0.25, 0.3) is 0 Å². The second kappa shape index (κ2) is 4.90. The first kappa shape index (κ1) is 12.0. The van der Waals surface area contributed by atoms with E-state index in [1.807, 2.05) is 19.1 Å². The molecule has 3 nitrogen and oxygen atoms in total. The predicted molar refractivity (Wildman–Crippen MR) is 68.7 cm³/mol. The van der Waals surface area contributed by atoms with E-state index in [0.717, 1.165) is 37.2 Å². The summed E-state index contributed by atoms with van der Waals surface area (Å²) in [4.78, 5) is 0. The summed E-state index contributed by atoms with van der Waals surface area (Å²) >= 11 is 0. The molecule has 1 heterocycles. The van der Waals surface area contributed by atoms with E-state index in [0.29, 0.717) is 12.5 Å². The van der Waals surface area contributed by atoms with E-state index in [9.17, 15) is 5.11 Å². The summed E-state index contributed by atoms with van der Waals surface area (Å²) in [6, 6.07) is 6.04. The van der Waals surface area contributed by atoms with Crippen LogP contribution >= 0.6 is 0 Å². The molecule has 1 N–H and O–H groups in total. The Morgan fingerprint density at radius 3 is 3.00 bits per heavy atom. The fraction of sp³-hybridized carbons (Fsp3) is 0.600. The third-order valence-electron chi connectivity index (χ3n) is 3.82. The van der Waals surface area contributed by atoms with E-state index in [2.05, 4.69) is 6.07 Å². The smallest absolute Gasteiger partial charge is 0.128 e. The lowest BCUT2D eigenvalue weighted by atomic mass is 9.97. The van der Waals surface area contributed by atoms with Crippen molar-refractivity contribution in [3.63, 3.8) is 0 Å². The van der Waals surface area contributed by atoms with Crippen LogP contribution in [0.5, 0.6) is 5.75 Å². The highest BCUT2D eigenvalue weighted by Gasteiger charge is 2.38. The molecule has 1 aromatic rings. The average Bonchev–Trinajstić information content (AvgIpc) is 3.11. The van der Waals surface area contributed by atoms with Gasteiger partial charge in [-0.1, -0.05) is 18.2 Å². The number of benzene rings is 1. The summed E-state index contributed by atoms with van der Waals surface area (Å²) in [6.07, 6.45) is 2.63. The average molecular weight is 248 g/mol. The van der Waals surface area contributed by atoms with Crippen LogP contribution in [0.3, 0.4) is 0 Å². The van der Waals surface area contributed by atoms with Crippen LogP contribution < -0.4 is 4.74 Å². The molecule has 0 spiro atoms. The number of ether oxygens (including phenoxy) is 2. The Hall–Kier alpha value is -1.06. The van der Waals surface area contributed by atoms with Crippen LogP contribution in [-0.2, 0) is 11.2 Å². The molecular formula is C15H20O3. The molecule has 0 amide bonds. The molecule has 1 saturated carbocycles. The number of hydrogen-bond acceptors (Lipinski definition) is 3. The Balaban J connectivity index is 1.86. The normalized spacial score (nSPS) is 21.2. The van der Waals surface area contributed by atoms with Crippen LogP contribution in [0.4, 0.5) is 0 Å². The van der Waals surface area contributed by atoms with E-state index in [-0.39, 0.29) is 6.10 Å². The second-order valence-electron chi connectivity index (χ2n) is 5.14. The van der Waals surface area contributed by atoms with Crippen LogP contribution in [-0.4, -0.2) is 24.4 Å². The number of hydrogen-bond donors (Lipinski definition) is 1. The maximum atomic E-state index is 10.6. The van der Waals surface area contributed by atoms with Crippen molar-refractivity contribution in [2.45, 2.75) is 38.4 Å². The first-order valence-corrected chi connectivity index (χ1v) is 6.85. The van der Waals surface area contributed by atoms with Gasteiger partial charge in [0.2, 0.25) is 0 Å². The van der Waals surface area contributed by atoms with Gasteiger partial charge in [-0.2, -0.15) is 0 Å². The molecule has 3 rings (SSSR count). The topological polar surface area (TPSA) is 38.7 Å². The van der Waals surface area contributed by atoms with Gasteiger partial charge in [0.1, 0.15) is 11.9 Å². The maximum Gasteiger partial charge on any atom is 0.128 e.